The van der Waals surface area contributed by atoms with Gasteiger partial charge in [-0.05, 0) is 29.8 Å². The molecule has 0 aliphatic carbocycles. The molecular weight excluding hydrogens is 319 g/mol. The van der Waals surface area contributed by atoms with Crippen LogP contribution in [0.2, 0.25) is 10.0 Å². The van der Waals surface area contributed by atoms with E-state index in [1.807, 2.05) is 36.4 Å². The SMILES string of the molecule is CN(Cc1ccc(Cl)c(Cl)c1)C(=O)c1cc2ccccc2[nH]1. The molecule has 0 aliphatic heterocycles. The van der Waals surface area contributed by atoms with Crippen molar-refractivity contribution in [1.29, 1.82) is 0 Å². The highest BCUT2D eigenvalue weighted by molar-refractivity contribution is 6.42. The smallest absolute Gasteiger partial charge is 0.270 e. The number of nitrogens with zero attached hydrogens (tertiary/aromatic N) is 1. The topological polar surface area (TPSA) is 36.1 Å². The van der Waals surface area contributed by atoms with E-state index in [0.717, 1.165) is 16.5 Å². The normalized spacial score (nSPS) is 10.9. The third kappa shape index (κ3) is 2.96. The number of aromatic amines is 1. The van der Waals surface area contributed by atoms with Crippen LogP contribution in [0.4, 0.5) is 0 Å². The number of aromatic nitrogens is 1. The number of benzene rings is 2. The first-order valence-electron chi connectivity index (χ1n) is 6.82. The highest BCUT2D eigenvalue weighted by Crippen LogP contribution is 2.23. The molecule has 0 atom stereocenters. The van der Waals surface area contributed by atoms with E-state index in [1.54, 1.807) is 24.1 Å². The Morgan fingerprint density at radius 1 is 1.09 bits per heavy atom. The maximum absolute atomic E-state index is 12.5. The van der Waals surface area contributed by atoms with E-state index in [1.165, 1.54) is 0 Å². The number of carbonyl (C=O) groups is 1. The summed E-state index contributed by atoms with van der Waals surface area (Å²) < 4.78 is 0. The Balaban J connectivity index is 1.80. The number of halogens is 2. The lowest BCUT2D eigenvalue weighted by Crippen LogP contribution is -2.26. The summed E-state index contributed by atoms with van der Waals surface area (Å²) in [6, 6.07) is 15.1. The minimum Gasteiger partial charge on any atom is -0.351 e. The van der Waals surface area contributed by atoms with Crippen LogP contribution < -0.4 is 0 Å². The van der Waals surface area contributed by atoms with Gasteiger partial charge in [0.05, 0.1) is 10.0 Å². The number of hydrogen-bond donors (Lipinski definition) is 1. The summed E-state index contributed by atoms with van der Waals surface area (Å²) in [5, 5.41) is 2.02. The molecule has 0 saturated carbocycles. The van der Waals surface area contributed by atoms with Crippen molar-refractivity contribution in [3.8, 4) is 0 Å². The highest BCUT2D eigenvalue weighted by atomic mass is 35.5. The molecule has 1 N–H and O–H groups in total. The van der Waals surface area contributed by atoms with Crippen LogP contribution in [-0.4, -0.2) is 22.8 Å². The van der Waals surface area contributed by atoms with Gasteiger partial charge in [0.15, 0.2) is 0 Å². The van der Waals surface area contributed by atoms with Crippen molar-refractivity contribution in [2.24, 2.45) is 0 Å². The lowest BCUT2D eigenvalue weighted by atomic mass is 10.2. The van der Waals surface area contributed by atoms with Crippen molar-refractivity contribution in [1.82, 2.24) is 9.88 Å². The molecule has 0 unspecified atom stereocenters. The monoisotopic (exact) mass is 332 g/mol. The summed E-state index contributed by atoms with van der Waals surface area (Å²) in [5.74, 6) is -0.0673. The van der Waals surface area contributed by atoms with Crippen LogP contribution in [0.1, 0.15) is 16.1 Å². The zero-order valence-electron chi connectivity index (χ0n) is 11.9. The van der Waals surface area contributed by atoms with E-state index < -0.39 is 0 Å². The minimum atomic E-state index is -0.0673. The fraction of sp³-hybridized carbons (Fsp3) is 0.118. The summed E-state index contributed by atoms with van der Waals surface area (Å²) in [6.07, 6.45) is 0. The molecule has 3 rings (SSSR count). The van der Waals surface area contributed by atoms with Gasteiger partial charge in [0.25, 0.3) is 5.91 Å². The Labute approximate surface area is 138 Å². The molecule has 112 valence electrons. The summed E-state index contributed by atoms with van der Waals surface area (Å²) in [6.45, 7) is 0.463. The van der Waals surface area contributed by atoms with Crippen molar-refractivity contribution in [2.75, 3.05) is 7.05 Å². The van der Waals surface area contributed by atoms with Crippen LogP contribution in [0.25, 0.3) is 10.9 Å². The Kier molecular flexibility index (Phi) is 4.10. The standard InChI is InChI=1S/C17H14Cl2N2O/c1-21(10-11-6-7-13(18)14(19)8-11)17(22)16-9-12-4-2-3-5-15(12)20-16/h2-9,20H,10H2,1H3. The first-order chi connectivity index (χ1) is 10.5. The summed E-state index contributed by atoms with van der Waals surface area (Å²) in [5.41, 5.74) is 2.46. The molecule has 0 spiro atoms. The van der Waals surface area contributed by atoms with E-state index in [-0.39, 0.29) is 5.91 Å². The minimum absolute atomic E-state index is 0.0673. The summed E-state index contributed by atoms with van der Waals surface area (Å²) in [4.78, 5) is 17.3. The van der Waals surface area contributed by atoms with Crippen molar-refractivity contribution in [2.45, 2.75) is 6.54 Å². The number of nitrogens with one attached hydrogen (secondary N) is 1. The molecular formula is C17H14Cl2N2O. The maximum Gasteiger partial charge on any atom is 0.270 e. The van der Waals surface area contributed by atoms with Gasteiger partial charge in [-0.2, -0.15) is 0 Å². The second kappa shape index (κ2) is 6.03. The molecule has 22 heavy (non-hydrogen) atoms. The Bertz CT molecular complexity index is 809. The van der Waals surface area contributed by atoms with E-state index >= 15 is 0 Å². The van der Waals surface area contributed by atoms with Crippen LogP contribution in [0.15, 0.2) is 48.5 Å². The fourth-order valence-electron chi connectivity index (χ4n) is 2.38. The number of hydrogen-bond acceptors (Lipinski definition) is 1. The van der Waals surface area contributed by atoms with Gasteiger partial charge in [-0.25, -0.2) is 0 Å². The average molecular weight is 333 g/mol. The van der Waals surface area contributed by atoms with Crippen LogP contribution >= 0.6 is 23.2 Å². The molecule has 0 aliphatic rings. The zero-order valence-corrected chi connectivity index (χ0v) is 13.4. The van der Waals surface area contributed by atoms with Crippen molar-refractivity contribution in [3.63, 3.8) is 0 Å². The molecule has 3 nitrogen and oxygen atoms in total. The van der Waals surface area contributed by atoms with Crippen molar-refractivity contribution < 1.29 is 4.79 Å². The molecule has 2 aromatic carbocycles. The van der Waals surface area contributed by atoms with E-state index in [4.69, 9.17) is 23.2 Å². The first kappa shape index (κ1) is 14.9. The predicted octanol–water partition coefficient (Wildman–Crippen LogP) is 4.75. The highest BCUT2D eigenvalue weighted by Gasteiger charge is 2.15. The predicted molar refractivity (Wildman–Crippen MR) is 90.6 cm³/mol. The molecule has 1 aromatic heterocycles. The molecule has 0 fully saturated rings. The number of rotatable bonds is 3. The lowest BCUT2D eigenvalue weighted by molar-refractivity contribution is 0.0780. The van der Waals surface area contributed by atoms with Gasteiger partial charge in [-0.3, -0.25) is 4.79 Å². The Morgan fingerprint density at radius 3 is 2.59 bits per heavy atom. The largest absolute Gasteiger partial charge is 0.351 e. The zero-order chi connectivity index (χ0) is 15.7. The number of H-pyrrole nitrogens is 1. The quantitative estimate of drug-likeness (QED) is 0.738. The van der Waals surface area contributed by atoms with Crippen LogP contribution in [0.5, 0.6) is 0 Å². The number of fused-ring (bicyclic) bond motifs is 1. The Morgan fingerprint density at radius 2 is 1.86 bits per heavy atom. The van der Waals surface area contributed by atoms with Crippen molar-refractivity contribution >= 4 is 40.0 Å². The van der Waals surface area contributed by atoms with E-state index in [9.17, 15) is 4.79 Å². The van der Waals surface area contributed by atoms with E-state index in [2.05, 4.69) is 4.98 Å². The number of carbonyl (C=O) groups excluding carboxylic acids is 1. The van der Waals surface area contributed by atoms with Crippen LogP contribution in [0.3, 0.4) is 0 Å². The van der Waals surface area contributed by atoms with Crippen molar-refractivity contribution in [3.05, 3.63) is 69.8 Å². The van der Waals surface area contributed by atoms with Gasteiger partial charge in [-0.15, -0.1) is 0 Å². The second-order valence-electron chi connectivity index (χ2n) is 5.18. The number of amides is 1. The van der Waals surface area contributed by atoms with Gasteiger partial charge in [0.2, 0.25) is 0 Å². The molecule has 0 bridgehead atoms. The fourth-order valence-corrected chi connectivity index (χ4v) is 2.70. The van der Waals surface area contributed by atoms with Gasteiger partial charge in [-0.1, -0.05) is 47.5 Å². The first-order valence-corrected chi connectivity index (χ1v) is 7.57. The third-order valence-corrected chi connectivity index (χ3v) is 4.25. The summed E-state index contributed by atoms with van der Waals surface area (Å²) in [7, 11) is 1.76. The Hall–Kier alpha value is -1.97. The molecule has 1 heterocycles. The van der Waals surface area contributed by atoms with Gasteiger partial charge < -0.3 is 9.88 Å². The molecule has 3 aromatic rings. The third-order valence-electron chi connectivity index (χ3n) is 3.51. The number of para-hydroxylation sites is 1. The maximum atomic E-state index is 12.5. The van der Waals surface area contributed by atoms with E-state index in [0.29, 0.717) is 22.3 Å². The molecule has 0 saturated heterocycles. The van der Waals surface area contributed by atoms with Crippen LogP contribution in [-0.2, 0) is 6.54 Å². The molecule has 1 amide bonds. The average Bonchev–Trinajstić information content (AvgIpc) is 2.94. The second-order valence-corrected chi connectivity index (χ2v) is 5.99. The van der Waals surface area contributed by atoms with Crippen LogP contribution in [0, 0.1) is 0 Å². The summed E-state index contributed by atoms with van der Waals surface area (Å²) >= 11 is 11.9. The lowest BCUT2D eigenvalue weighted by Gasteiger charge is -2.16. The molecule has 0 radical (unpaired) electrons. The van der Waals surface area contributed by atoms with Gasteiger partial charge in [0.1, 0.15) is 5.69 Å². The van der Waals surface area contributed by atoms with Gasteiger partial charge >= 0.3 is 0 Å². The molecule has 5 heteroatoms. The van der Waals surface area contributed by atoms with Gasteiger partial charge in [0, 0.05) is 24.5 Å².